The van der Waals surface area contributed by atoms with Gasteiger partial charge in [-0.3, -0.25) is 0 Å². The maximum Gasteiger partial charge on any atom is 0.222 e. The van der Waals surface area contributed by atoms with Gasteiger partial charge in [-0.15, -0.1) is 11.3 Å². The molecule has 0 spiro atoms. The van der Waals surface area contributed by atoms with Gasteiger partial charge in [0.15, 0.2) is 6.20 Å². The fourth-order valence-electron chi connectivity index (χ4n) is 5.32. The topological polar surface area (TPSA) is 3.88 Å². The van der Waals surface area contributed by atoms with Gasteiger partial charge in [-0.05, 0) is 64.7 Å². The van der Waals surface area contributed by atoms with Gasteiger partial charge in [0.2, 0.25) is 5.69 Å². The van der Waals surface area contributed by atoms with Crippen molar-refractivity contribution in [2.24, 2.45) is 13.0 Å². The molecule has 0 unspecified atom stereocenters. The number of hydrogen-bond donors (Lipinski definition) is 0. The van der Waals surface area contributed by atoms with Crippen molar-refractivity contribution in [2.75, 3.05) is 0 Å². The largest absolute Gasteiger partial charge is 0.222 e. The van der Waals surface area contributed by atoms with E-state index in [2.05, 4.69) is 60.4 Å². The first-order valence-corrected chi connectivity index (χ1v) is 12.0. The first kappa shape index (κ1) is 17.1. The number of thiophene rings is 1. The maximum absolute atomic E-state index is 2.49. The van der Waals surface area contributed by atoms with Gasteiger partial charge in [-0.2, -0.15) is 0 Å². The molecule has 140 valence electrons. The molecule has 0 bridgehead atoms. The molecule has 2 aromatic heterocycles. The predicted molar refractivity (Wildman–Crippen MR) is 120 cm³/mol. The summed E-state index contributed by atoms with van der Waals surface area (Å²) in [7, 11) is 2.20. The highest BCUT2D eigenvalue weighted by Crippen LogP contribution is 2.50. The van der Waals surface area contributed by atoms with Crippen LogP contribution in [0.15, 0.2) is 51.7 Å². The molecule has 4 aromatic rings. The summed E-state index contributed by atoms with van der Waals surface area (Å²) >= 11 is 3.84. The molecular formula is C25H24NS2+. The number of aromatic nitrogens is 1. The van der Waals surface area contributed by atoms with Crippen LogP contribution in [0.1, 0.15) is 36.8 Å². The highest BCUT2D eigenvalue weighted by molar-refractivity contribution is 7.99. The van der Waals surface area contributed by atoms with E-state index in [1.54, 1.807) is 0 Å². The summed E-state index contributed by atoms with van der Waals surface area (Å²) < 4.78 is 3.73. The molecule has 3 heterocycles. The smallest absolute Gasteiger partial charge is 0.200 e. The molecule has 3 heteroatoms. The second-order valence-electron chi connectivity index (χ2n) is 8.50. The minimum atomic E-state index is 0.887. The molecule has 0 saturated heterocycles. The van der Waals surface area contributed by atoms with Gasteiger partial charge in [0.25, 0.3) is 0 Å². The number of aryl methyl sites for hydroxylation is 2. The van der Waals surface area contributed by atoms with Crippen LogP contribution in [0.4, 0.5) is 0 Å². The van der Waals surface area contributed by atoms with E-state index in [1.807, 2.05) is 23.1 Å². The highest BCUT2D eigenvalue weighted by atomic mass is 32.2. The number of pyridine rings is 1. The Balaban J connectivity index is 1.61. The summed E-state index contributed by atoms with van der Waals surface area (Å²) in [4.78, 5) is 2.86. The van der Waals surface area contributed by atoms with Crippen LogP contribution in [0.5, 0.6) is 0 Å². The van der Waals surface area contributed by atoms with Crippen LogP contribution in [0.3, 0.4) is 0 Å². The van der Waals surface area contributed by atoms with Crippen LogP contribution >= 0.6 is 23.1 Å². The summed E-state index contributed by atoms with van der Waals surface area (Å²) in [6.07, 6.45) is 9.15. The van der Waals surface area contributed by atoms with E-state index in [1.165, 1.54) is 85.1 Å². The zero-order valence-corrected chi connectivity index (χ0v) is 18.1. The molecule has 0 atom stereocenters. The van der Waals surface area contributed by atoms with Gasteiger partial charge in [0.05, 0.1) is 10.9 Å². The van der Waals surface area contributed by atoms with Crippen molar-refractivity contribution in [1.82, 2.24) is 0 Å². The van der Waals surface area contributed by atoms with Crippen molar-refractivity contribution in [3.63, 3.8) is 0 Å². The first-order valence-electron chi connectivity index (χ1n) is 10.3. The van der Waals surface area contributed by atoms with Gasteiger partial charge in [0.1, 0.15) is 7.05 Å². The van der Waals surface area contributed by atoms with E-state index in [0.29, 0.717) is 0 Å². The first-order chi connectivity index (χ1) is 13.7. The summed E-state index contributed by atoms with van der Waals surface area (Å²) in [6, 6.07) is 12.0. The molecule has 1 fully saturated rings. The summed E-state index contributed by atoms with van der Waals surface area (Å²) in [6.45, 7) is 2.30. The molecule has 1 aliphatic heterocycles. The Morgan fingerprint density at radius 2 is 1.93 bits per heavy atom. The van der Waals surface area contributed by atoms with E-state index < -0.39 is 0 Å². The Morgan fingerprint density at radius 3 is 2.79 bits per heavy atom. The SMILES string of the molecule is Cc1c2c(cc3sccc13)Sc1cc(CC3CCCC3)cc3cc[n+](C)c-2c13. The normalized spacial score (nSPS) is 16.2. The Hall–Kier alpha value is -1.84. The molecule has 1 saturated carbocycles. The monoisotopic (exact) mass is 402 g/mol. The number of rotatable bonds is 2. The van der Waals surface area contributed by atoms with Crippen molar-refractivity contribution in [3.8, 4) is 11.3 Å². The highest BCUT2D eigenvalue weighted by Gasteiger charge is 2.30. The lowest BCUT2D eigenvalue weighted by atomic mass is 9.93. The Bertz CT molecular complexity index is 1240. The van der Waals surface area contributed by atoms with Crippen LogP contribution in [-0.2, 0) is 13.5 Å². The average molecular weight is 403 g/mol. The number of hydrogen-bond acceptors (Lipinski definition) is 2. The van der Waals surface area contributed by atoms with Crippen LogP contribution < -0.4 is 4.57 Å². The van der Waals surface area contributed by atoms with E-state index in [4.69, 9.17) is 0 Å². The number of nitrogens with zero attached hydrogens (tertiary/aromatic N) is 1. The fraction of sp³-hybridized carbons (Fsp3) is 0.320. The lowest BCUT2D eigenvalue weighted by molar-refractivity contribution is -0.659. The van der Waals surface area contributed by atoms with Crippen molar-refractivity contribution < 1.29 is 4.57 Å². The fourth-order valence-corrected chi connectivity index (χ4v) is 7.57. The zero-order valence-electron chi connectivity index (χ0n) is 16.4. The number of benzene rings is 2. The third kappa shape index (κ3) is 2.49. The lowest BCUT2D eigenvalue weighted by Crippen LogP contribution is -2.31. The van der Waals surface area contributed by atoms with Crippen LogP contribution in [-0.4, -0.2) is 0 Å². The van der Waals surface area contributed by atoms with Crippen LogP contribution in [0, 0.1) is 12.8 Å². The standard InChI is InChI=1S/C25H24NS2/c1-15-19-8-10-27-20(19)14-22-23(15)25-24-18(7-9-26(25)2)12-17(13-21(24)28-22)11-16-5-3-4-6-16/h7-10,12-14,16H,3-6,11H2,1-2H3/q+1. The van der Waals surface area contributed by atoms with Crippen molar-refractivity contribution in [3.05, 3.63) is 53.0 Å². The van der Waals surface area contributed by atoms with Gasteiger partial charge < -0.3 is 0 Å². The zero-order chi connectivity index (χ0) is 18.8. The van der Waals surface area contributed by atoms with Crippen molar-refractivity contribution in [1.29, 1.82) is 0 Å². The van der Waals surface area contributed by atoms with E-state index in [-0.39, 0.29) is 0 Å². The van der Waals surface area contributed by atoms with Crippen LogP contribution in [0.2, 0.25) is 0 Å². The van der Waals surface area contributed by atoms with E-state index in [0.717, 1.165) is 5.92 Å². The maximum atomic E-state index is 2.49. The lowest BCUT2D eigenvalue weighted by Gasteiger charge is -2.21. The Labute approximate surface area is 174 Å². The number of fused-ring (bicyclic) bond motifs is 3. The predicted octanol–water partition coefficient (Wildman–Crippen LogP) is 7.05. The van der Waals surface area contributed by atoms with Crippen molar-refractivity contribution >= 4 is 44.0 Å². The van der Waals surface area contributed by atoms with Gasteiger partial charge >= 0.3 is 0 Å². The van der Waals surface area contributed by atoms with Crippen molar-refractivity contribution in [2.45, 2.75) is 48.8 Å². The minimum Gasteiger partial charge on any atom is -0.200 e. The van der Waals surface area contributed by atoms with Crippen LogP contribution in [0.25, 0.3) is 32.1 Å². The molecule has 0 N–H and O–H groups in total. The molecule has 6 rings (SSSR count). The molecule has 1 aliphatic carbocycles. The van der Waals surface area contributed by atoms with Gasteiger partial charge in [0, 0.05) is 20.6 Å². The summed E-state index contributed by atoms with van der Waals surface area (Å²) in [5.41, 5.74) is 5.77. The molecule has 0 amide bonds. The molecule has 28 heavy (non-hydrogen) atoms. The average Bonchev–Trinajstić information content (AvgIpc) is 3.35. The Morgan fingerprint density at radius 1 is 1.07 bits per heavy atom. The Kier molecular flexibility index (Phi) is 3.86. The third-order valence-corrected chi connectivity index (χ3v) is 8.65. The molecule has 0 radical (unpaired) electrons. The quantitative estimate of drug-likeness (QED) is 0.286. The second kappa shape index (κ2) is 6.33. The third-order valence-electron chi connectivity index (χ3n) is 6.70. The van der Waals surface area contributed by atoms with Gasteiger partial charge in [-0.25, -0.2) is 4.57 Å². The molecule has 1 nitrogen and oxygen atoms in total. The van der Waals surface area contributed by atoms with Gasteiger partial charge in [-0.1, -0.05) is 43.5 Å². The molecular weight excluding hydrogens is 378 g/mol. The molecule has 2 aliphatic rings. The molecule has 2 aromatic carbocycles. The summed E-state index contributed by atoms with van der Waals surface area (Å²) in [5, 5.41) is 6.47. The van der Waals surface area contributed by atoms with E-state index >= 15 is 0 Å². The van der Waals surface area contributed by atoms with E-state index in [9.17, 15) is 0 Å². The second-order valence-corrected chi connectivity index (χ2v) is 10.5. The summed E-state index contributed by atoms with van der Waals surface area (Å²) in [5.74, 6) is 0.887. The minimum absolute atomic E-state index is 0.887.